The minimum atomic E-state index is -1.24. The first-order valence-corrected chi connectivity index (χ1v) is 12.6. The average Bonchev–Trinajstić information content (AvgIpc) is 2.82. The van der Waals surface area contributed by atoms with E-state index in [1.165, 1.54) is 5.56 Å². The SMILES string of the molecule is C/C=C\c1cc(OCC2(F)CN(NC)C2)ccc1C.CCCc1cc(Cl)c(OCCCl)c(C#N)c1. The zero-order valence-electron chi connectivity index (χ0n) is 20.8. The van der Waals surface area contributed by atoms with E-state index in [1.54, 1.807) is 7.05 Å². The maximum atomic E-state index is 14.1. The van der Waals surface area contributed by atoms with Crippen LogP contribution in [0.2, 0.25) is 5.02 Å². The molecule has 8 heteroatoms. The highest BCUT2D eigenvalue weighted by Crippen LogP contribution is 2.30. The van der Waals surface area contributed by atoms with E-state index in [-0.39, 0.29) is 6.61 Å². The number of nitriles is 1. The molecule has 0 bridgehead atoms. The van der Waals surface area contributed by atoms with Gasteiger partial charge in [0.1, 0.15) is 25.0 Å². The molecule has 0 spiro atoms. The molecule has 3 rings (SSSR count). The van der Waals surface area contributed by atoms with Gasteiger partial charge in [0, 0.05) is 0 Å². The van der Waals surface area contributed by atoms with Crippen LogP contribution in [-0.2, 0) is 6.42 Å². The minimum Gasteiger partial charge on any atom is -0.490 e. The number of hydrogen-bond acceptors (Lipinski definition) is 5. The van der Waals surface area contributed by atoms with Crippen LogP contribution in [0.1, 0.15) is 42.5 Å². The Kier molecular flexibility index (Phi) is 11.8. The Labute approximate surface area is 218 Å². The molecule has 0 aromatic heterocycles. The predicted molar refractivity (Wildman–Crippen MR) is 142 cm³/mol. The standard InChI is InChI=1S/C15H21FN2O.C12H13Cl2NO/c1-4-5-13-8-14(7-6-12(13)2)19-11-15(16)9-18(10-15)17-3;1-2-3-9-6-10(8-15)12(11(14)7-9)16-5-4-13/h4-8,17H,9-11H2,1-3H3;6-7H,2-5H2,1H3/b5-4-;. The highest BCUT2D eigenvalue weighted by Gasteiger charge is 2.44. The number of aryl methyl sites for hydroxylation is 2. The van der Waals surface area contributed by atoms with Crippen LogP contribution in [0.5, 0.6) is 11.5 Å². The first-order valence-electron chi connectivity index (χ1n) is 11.7. The van der Waals surface area contributed by atoms with Crippen LogP contribution in [0.4, 0.5) is 4.39 Å². The lowest BCUT2D eigenvalue weighted by Crippen LogP contribution is -2.65. The summed E-state index contributed by atoms with van der Waals surface area (Å²) in [6, 6.07) is 11.6. The fourth-order valence-electron chi connectivity index (χ4n) is 3.62. The zero-order valence-corrected chi connectivity index (χ0v) is 22.3. The number of alkyl halides is 2. The molecule has 0 atom stereocenters. The number of hydrogen-bond donors (Lipinski definition) is 1. The predicted octanol–water partition coefficient (Wildman–Crippen LogP) is 6.35. The highest BCUT2D eigenvalue weighted by molar-refractivity contribution is 6.32. The summed E-state index contributed by atoms with van der Waals surface area (Å²) < 4.78 is 25.1. The molecule has 1 fully saturated rings. The topological polar surface area (TPSA) is 57.5 Å². The van der Waals surface area contributed by atoms with Gasteiger partial charge in [-0.2, -0.15) is 5.26 Å². The molecule has 1 aliphatic rings. The summed E-state index contributed by atoms with van der Waals surface area (Å²) in [7, 11) is 1.80. The number of halogens is 3. The largest absolute Gasteiger partial charge is 0.490 e. The third kappa shape index (κ3) is 8.70. The second-order valence-electron chi connectivity index (χ2n) is 8.39. The quantitative estimate of drug-likeness (QED) is 0.369. The lowest BCUT2D eigenvalue weighted by atomic mass is 10.00. The molecular weight excluding hydrogens is 488 g/mol. The average molecular weight is 522 g/mol. The van der Waals surface area contributed by atoms with E-state index in [4.69, 9.17) is 37.9 Å². The van der Waals surface area contributed by atoms with Gasteiger partial charge in [0.25, 0.3) is 0 Å². The van der Waals surface area contributed by atoms with E-state index < -0.39 is 5.67 Å². The number of nitrogens with one attached hydrogen (secondary N) is 1. The molecule has 1 heterocycles. The van der Waals surface area contributed by atoms with Crippen molar-refractivity contribution in [1.82, 2.24) is 10.4 Å². The van der Waals surface area contributed by atoms with Gasteiger partial charge in [0.05, 0.1) is 29.6 Å². The van der Waals surface area contributed by atoms with Crippen molar-refractivity contribution in [3.63, 3.8) is 0 Å². The molecular formula is C27H34Cl2FN3O2. The van der Waals surface area contributed by atoms with E-state index >= 15 is 0 Å². The van der Waals surface area contributed by atoms with Gasteiger partial charge in [-0.1, -0.05) is 43.2 Å². The molecule has 0 radical (unpaired) electrons. The first kappa shape index (κ1) is 28.9. The van der Waals surface area contributed by atoms with E-state index in [0.29, 0.717) is 41.9 Å². The van der Waals surface area contributed by atoms with Crippen molar-refractivity contribution in [3.05, 3.63) is 63.7 Å². The third-order valence-corrected chi connectivity index (χ3v) is 5.88. The van der Waals surface area contributed by atoms with Gasteiger partial charge in [-0.05, 0) is 68.3 Å². The Morgan fingerprint density at radius 2 is 2.00 bits per heavy atom. The number of ether oxygens (including phenoxy) is 2. The molecule has 2 aromatic carbocycles. The van der Waals surface area contributed by atoms with Gasteiger partial charge < -0.3 is 9.47 Å². The van der Waals surface area contributed by atoms with Gasteiger partial charge in [-0.15, -0.1) is 11.6 Å². The summed E-state index contributed by atoms with van der Waals surface area (Å²) in [5.41, 5.74) is 5.50. The molecule has 1 aliphatic heterocycles. The lowest BCUT2D eigenvalue weighted by molar-refractivity contribution is -0.0818. The van der Waals surface area contributed by atoms with Crippen LogP contribution in [0, 0.1) is 18.3 Å². The number of benzene rings is 2. The van der Waals surface area contributed by atoms with Crippen molar-refractivity contribution in [3.8, 4) is 17.6 Å². The Hall–Kier alpha value is -2.30. The molecule has 0 unspecified atom stereocenters. The number of rotatable bonds is 10. The van der Waals surface area contributed by atoms with Gasteiger partial charge in [0.2, 0.25) is 0 Å². The van der Waals surface area contributed by atoms with Crippen molar-refractivity contribution in [2.45, 2.75) is 39.3 Å². The summed E-state index contributed by atoms with van der Waals surface area (Å²) in [6.07, 6.45) is 5.94. The normalized spacial score (nSPS) is 14.6. The van der Waals surface area contributed by atoms with E-state index in [2.05, 4.69) is 18.4 Å². The number of allylic oxidation sites excluding steroid dienone is 1. The highest BCUT2D eigenvalue weighted by atomic mass is 35.5. The summed E-state index contributed by atoms with van der Waals surface area (Å²) in [4.78, 5) is 0. The Bertz CT molecular complexity index is 1030. The van der Waals surface area contributed by atoms with Crippen LogP contribution >= 0.6 is 23.2 Å². The van der Waals surface area contributed by atoms with Crippen LogP contribution in [0.3, 0.4) is 0 Å². The zero-order chi connectivity index (χ0) is 25.8. The Morgan fingerprint density at radius 1 is 1.26 bits per heavy atom. The molecule has 1 N–H and O–H groups in total. The van der Waals surface area contributed by atoms with Gasteiger partial charge in [-0.25, -0.2) is 9.40 Å². The molecule has 2 aromatic rings. The first-order chi connectivity index (χ1) is 16.8. The molecule has 0 amide bonds. The maximum Gasteiger partial charge on any atom is 0.172 e. The fourth-order valence-corrected chi connectivity index (χ4v) is 3.99. The number of hydrazine groups is 1. The number of nitrogens with zero attached hydrogens (tertiary/aromatic N) is 2. The molecule has 190 valence electrons. The van der Waals surface area contributed by atoms with Crippen LogP contribution in [-0.4, -0.2) is 49.9 Å². The fraction of sp³-hybridized carbons (Fsp3) is 0.444. The van der Waals surface area contributed by atoms with E-state index in [0.717, 1.165) is 29.7 Å². The van der Waals surface area contributed by atoms with Crippen LogP contribution in [0.15, 0.2) is 36.4 Å². The van der Waals surface area contributed by atoms with Crippen molar-refractivity contribution in [1.29, 1.82) is 5.26 Å². The van der Waals surface area contributed by atoms with Crippen molar-refractivity contribution >= 4 is 29.3 Å². The molecule has 35 heavy (non-hydrogen) atoms. The van der Waals surface area contributed by atoms with Gasteiger partial charge in [-0.3, -0.25) is 5.43 Å². The molecule has 0 saturated carbocycles. The monoisotopic (exact) mass is 521 g/mol. The van der Waals surface area contributed by atoms with E-state index in [9.17, 15) is 4.39 Å². The third-order valence-electron chi connectivity index (χ3n) is 5.45. The second-order valence-corrected chi connectivity index (χ2v) is 9.18. The summed E-state index contributed by atoms with van der Waals surface area (Å²) in [5.74, 6) is 1.53. The molecule has 0 aliphatic carbocycles. The van der Waals surface area contributed by atoms with Crippen LogP contribution < -0.4 is 14.9 Å². The minimum absolute atomic E-state index is 0.101. The lowest BCUT2D eigenvalue weighted by Gasteiger charge is -2.43. The Morgan fingerprint density at radius 3 is 2.60 bits per heavy atom. The molecule has 5 nitrogen and oxygen atoms in total. The second kappa shape index (κ2) is 14.3. The van der Waals surface area contributed by atoms with Crippen molar-refractivity contribution < 1.29 is 13.9 Å². The van der Waals surface area contributed by atoms with Gasteiger partial charge in [0.15, 0.2) is 11.4 Å². The summed E-state index contributed by atoms with van der Waals surface area (Å²) in [6.45, 7) is 7.30. The molecule has 1 saturated heterocycles. The Balaban J connectivity index is 0.000000251. The summed E-state index contributed by atoms with van der Waals surface area (Å²) >= 11 is 11.6. The van der Waals surface area contributed by atoms with Gasteiger partial charge >= 0.3 is 0 Å². The smallest absolute Gasteiger partial charge is 0.172 e. The van der Waals surface area contributed by atoms with Crippen molar-refractivity contribution in [2.75, 3.05) is 39.2 Å². The maximum absolute atomic E-state index is 14.1. The van der Waals surface area contributed by atoms with E-state index in [1.807, 2.05) is 61.3 Å². The van der Waals surface area contributed by atoms with Crippen molar-refractivity contribution in [2.24, 2.45) is 0 Å². The van der Waals surface area contributed by atoms with Crippen LogP contribution in [0.25, 0.3) is 6.08 Å². The summed E-state index contributed by atoms with van der Waals surface area (Å²) in [5, 5.41) is 11.3.